The maximum absolute atomic E-state index is 12.0. The van der Waals surface area contributed by atoms with Gasteiger partial charge >= 0.3 is 0 Å². The number of carbonyl (C=O) groups excluding carboxylic acids is 1. The van der Waals surface area contributed by atoms with Gasteiger partial charge in [-0.05, 0) is 41.9 Å². The summed E-state index contributed by atoms with van der Waals surface area (Å²) in [7, 11) is 0. The minimum Gasteiger partial charge on any atom is -0.339 e. The highest BCUT2D eigenvalue weighted by Crippen LogP contribution is 2.22. The Labute approximate surface area is 113 Å². The summed E-state index contributed by atoms with van der Waals surface area (Å²) in [5, 5.41) is 11.0. The zero-order valence-electron chi connectivity index (χ0n) is 9.74. The van der Waals surface area contributed by atoms with Gasteiger partial charge in [-0.15, -0.1) is 11.3 Å². The predicted molar refractivity (Wildman–Crippen MR) is 73.5 cm³/mol. The number of nitrogens with zero attached hydrogens (tertiary/aromatic N) is 2. The summed E-state index contributed by atoms with van der Waals surface area (Å²) in [5.74, 6) is -0.206. The Morgan fingerprint density at radius 2 is 2.24 bits per heavy atom. The average Bonchev–Trinajstić information content (AvgIpc) is 2.73. The van der Waals surface area contributed by atoms with Crippen LogP contribution < -0.4 is 0 Å². The Balaban J connectivity index is 2.96. The van der Waals surface area contributed by atoms with Crippen LogP contribution >= 0.6 is 27.3 Å². The van der Waals surface area contributed by atoms with E-state index < -0.39 is 0 Å². The van der Waals surface area contributed by atoms with Gasteiger partial charge in [0.2, 0.25) is 0 Å². The smallest absolute Gasteiger partial charge is 0.264 e. The summed E-state index contributed by atoms with van der Waals surface area (Å²) < 4.78 is 0.960. The van der Waals surface area contributed by atoms with Gasteiger partial charge in [0.15, 0.2) is 0 Å². The molecule has 0 fully saturated rings. The molecule has 0 aromatic carbocycles. The number of likely N-dealkylation sites (N-methyl/N-ethyl adjacent to an activating group) is 1. The van der Waals surface area contributed by atoms with Crippen molar-refractivity contribution >= 4 is 39.2 Å². The zero-order chi connectivity index (χ0) is 12.8. The van der Waals surface area contributed by atoms with E-state index in [-0.39, 0.29) is 11.5 Å². The number of amides is 1. The van der Waals surface area contributed by atoms with E-state index in [4.69, 9.17) is 5.26 Å². The highest BCUT2D eigenvalue weighted by Gasteiger charge is 2.15. The minimum absolute atomic E-state index is 0.183. The lowest BCUT2D eigenvalue weighted by Crippen LogP contribution is -2.31. The average molecular weight is 313 g/mol. The first kappa shape index (κ1) is 13.9. The Morgan fingerprint density at radius 1 is 1.59 bits per heavy atom. The second-order valence-corrected chi connectivity index (χ2v) is 5.17. The van der Waals surface area contributed by atoms with Crippen LogP contribution in [0.3, 0.4) is 0 Å². The van der Waals surface area contributed by atoms with Crippen LogP contribution in [0.5, 0.6) is 0 Å². The molecule has 5 heteroatoms. The monoisotopic (exact) mass is 312 g/mol. The van der Waals surface area contributed by atoms with Gasteiger partial charge in [-0.3, -0.25) is 4.79 Å². The van der Waals surface area contributed by atoms with Crippen molar-refractivity contribution in [2.24, 2.45) is 0 Å². The summed E-state index contributed by atoms with van der Waals surface area (Å²) in [6.07, 6.45) is 1.64. The number of rotatable bonds is 4. The first-order valence-corrected chi connectivity index (χ1v) is 6.94. The van der Waals surface area contributed by atoms with Crippen LogP contribution in [-0.2, 0) is 4.79 Å². The molecule has 0 atom stereocenters. The molecule has 0 saturated heterocycles. The summed E-state index contributed by atoms with van der Waals surface area (Å²) in [4.78, 5) is 14.5. The molecular weight excluding hydrogens is 300 g/mol. The van der Waals surface area contributed by atoms with Gasteiger partial charge < -0.3 is 4.90 Å². The van der Waals surface area contributed by atoms with Crippen molar-refractivity contribution in [3.63, 3.8) is 0 Å². The fraction of sp³-hybridized carbons (Fsp3) is 0.333. The van der Waals surface area contributed by atoms with Gasteiger partial charge in [0, 0.05) is 27.8 Å². The topological polar surface area (TPSA) is 44.1 Å². The molecule has 0 N–H and O–H groups in total. The largest absolute Gasteiger partial charge is 0.339 e. The van der Waals surface area contributed by atoms with Crippen molar-refractivity contribution in [3.8, 4) is 6.07 Å². The Bertz CT molecular complexity index is 469. The Hall–Kier alpha value is -1.12. The standard InChI is InChI=1S/C12H13BrN2OS/c1-3-15(4-2)12(16)9(7-14)5-11-6-10(13)8-17-11/h5-6,8H,3-4H2,1-2H3. The summed E-state index contributed by atoms with van der Waals surface area (Å²) in [6, 6.07) is 3.86. The van der Waals surface area contributed by atoms with Crippen LogP contribution in [-0.4, -0.2) is 23.9 Å². The fourth-order valence-corrected chi connectivity index (χ4v) is 2.75. The number of hydrogen-bond acceptors (Lipinski definition) is 3. The fourth-order valence-electron chi connectivity index (χ4n) is 1.37. The van der Waals surface area contributed by atoms with Crippen molar-refractivity contribution in [1.29, 1.82) is 5.26 Å². The number of nitriles is 1. The molecule has 90 valence electrons. The maximum Gasteiger partial charge on any atom is 0.264 e. The van der Waals surface area contributed by atoms with Gasteiger partial charge in [0.05, 0.1) is 0 Å². The Morgan fingerprint density at radius 3 is 2.65 bits per heavy atom. The van der Waals surface area contributed by atoms with Crippen molar-refractivity contribution in [3.05, 3.63) is 26.4 Å². The van der Waals surface area contributed by atoms with Crippen LogP contribution in [0.2, 0.25) is 0 Å². The van der Waals surface area contributed by atoms with Gasteiger partial charge in [0.1, 0.15) is 11.6 Å². The van der Waals surface area contributed by atoms with E-state index in [1.807, 2.05) is 31.4 Å². The number of thiophene rings is 1. The molecule has 1 aromatic rings. The maximum atomic E-state index is 12.0. The van der Waals surface area contributed by atoms with Crippen LogP contribution in [0, 0.1) is 11.3 Å². The summed E-state index contributed by atoms with van der Waals surface area (Å²) >= 11 is 4.83. The first-order chi connectivity index (χ1) is 8.12. The molecular formula is C12H13BrN2OS. The second kappa shape index (κ2) is 6.58. The van der Waals surface area contributed by atoms with Crippen molar-refractivity contribution in [1.82, 2.24) is 4.90 Å². The molecule has 0 unspecified atom stereocenters. The van der Waals surface area contributed by atoms with Crippen LogP contribution in [0.25, 0.3) is 6.08 Å². The molecule has 1 aromatic heterocycles. The lowest BCUT2D eigenvalue weighted by atomic mass is 10.2. The van der Waals surface area contributed by atoms with E-state index in [0.29, 0.717) is 13.1 Å². The Kier molecular flexibility index (Phi) is 5.39. The van der Waals surface area contributed by atoms with E-state index in [0.717, 1.165) is 9.35 Å². The molecule has 0 aliphatic heterocycles. The number of carbonyl (C=O) groups is 1. The normalized spacial score (nSPS) is 11.1. The van der Waals surface area contributed by atoms with Gasteiger partial charge in [0.25, 0.3) is 5.91 Å². The molecule has 0 aliphatic carbocycles. The third-order valence-electron chi connectivity index (χ3n) is 2.28. The molecule has 0 bridgehead atoms. The third-order valence-corrected chi connectivity index (χ3v) is 3.92. The van der Waals surface area contributed by atoms with Gasteiger partial charge in [-0.1, -0.05) is 0 Å². The molecule has 1 rings (SSSR count). The van der Waals surface area contributed by atoms with E-state index in [1.54, 1.807) is 11.0 Å². The van der Waals surface area contributed by atoms with Crippen LogP contribution in [0.15, 0.2) is 21.5 Å². The van der Waals surface area contributed by atoms with E-state index in [2.05, 4.69) is 15.9 Å². The zero-order valence-corrected chi connectivity index (χ0v) is 12.1. The van der Waals surface area contributed by atoms with Gasteiger partial charge in [-0.25, -0.2) is 0 Å². The second-order valence-electron chi connectivity index (χ2n) is 3.31. The third kappa shape index (κ3) is 3.69. The highest BCUT2D eigenvalue weighted by molar-refractivity contribution is 9.10. The lowest BCUT2D eigenvalue weighted by molar-refractivity contribution is -0.126. The summed E-state index contributed by atoms with van der Waals surface area (Å²) in [5.41, 5.74) is 0.183. The first-order valence-electron chi connectivity index (χ1n) is 5.27. The van der Waals surface area contributed by atoms with Crippen molar-refractivity contribution in [2.75, 3.05) is 13.1 Å². The molecule has 1 amide bonds. The number of hydrogen-bond donors (Lipinski definition) is 0. The van der Waals surface area contributed by atoms with Crippen molar-refractivity contribution < 1.29 is 4.79 Å². The lowest BCUT2D eigenvalue weighted by Gasteiger charge is -2.17. The molecule has 1 heterocycles. The highest BCUT2D eigenvalue weighted by atomic mass is 79.9. The van der Waals surface area contributed by atoms with Crippen molar-refractivity contribution in [2.45, 2.75) is 13.8 Å². The predicted octanol–water partition coefficient (Wildman–Crippen LogP) is 3.29. The quantitative estimate of drug-likeness (QED) is 0.632. The van der Waals surface area contributed by atoms with Gasteiger partial charge in [-0.2, -0.15) is 5.26 Å². The van der Waals surface area contributed by atoms with E-state index >= 15 is 0 Å². The molecule has 0 saturated carbocycles. The van der Waals surface area contributed by atoms with E-state index in [1.165, 1.54) is 11.3 Å². The van der Waals surface area contributed by atoms with Crippen LogP contribution in [0.1, 0.15) is 18.7 Å². The van der Waals surface area contributed by atoms with E-state index in [9.17, 15) is 4.79 Å². The molecule has 3 nitrogen and oxygen atoms in total. The molecule has 0 radical (unpaired) electrons. The number of halogens is 1. The van der Waals surface area contributed by atoms with Crippen LogP contribution in [0.4, 0.5) is 0 Å². The SMILES string of the molecule is CCN(CC)C(=O)C(C#N)=Cc1cc(Br)cs1. The molecule has 0 spiro atoms. The molecule has 17 heavy (non-hydrogen) atoms. The minimum atomic E-state index is -0.206. The molecule has 0 aliphatic rings. The summed E-state index contributed by atoms with van der Waals surface area (Å²) in [6.45, 7) is 5.03.